The Morgan fingerprint density at radius 3 is 2.94 bits per heavy atom. The van der Waals surface area contributed by atoms with E-state index >= 15 is 0 Å². The Bertz CT molecular complexity index is 2000. The van der Waals surface area contributed by atoms with Gasteiger partial charge in [0.15, 0.2) is 5.69 Å². The van der Waals surface area contributed by atoms with Gasteiger partial charge in [-0.2, -0.15) is 0 Å². The van der Waals surface area contributed by atoms with Gasteiger partial charge in [0.05, 0.1) is 31.6 Å². The highest BCUT2D eigenvalue weighted by Gasteiger charge is 2.70. The Balaban J connectivity index is 1.59. The molecule has 0 aliphatic carbocycles. The second-order valence-corrected chi connectivity index (χ2v) is 10.2. The number of hydrogen-bond acceptors (Lipinski definition) is 4. The van der Waals surface area contributed by atoms with E-state index in [0.29, 0.717) is 0 Å². The van der Waals surface area contributed by atoms with Crippen LogP contribution in [0.15, 0.2) is 76.9 Å². The molecule has 10 rings (SSSR count). The van der Waals surface area contributed by atoms with E-state index in [1.807, 2.05) is 43.3 Å². The molecule has 158 valence electrons. The zero-order valence-electron chi connectivity index (χ0n) is 17.8. The van der Waals surface area contributed by atoms with Crippen molar-refractivity contribution in [3.8, 4) is 28.7 Å². The molecule has 6 aromatic rings. The maximum atomic E-state index is 6.57. The highest BCUT2D eigenvalue weighted by molar-refractivity contribution is 7.99. The lowest BCUT2D eigenvalue weighted by Gasteiger charge is -2.32. The Morgan fingerprint density at radius 1 is 1.03 bits per heavy atom. The molecule has 1 spiro atoms. The molecule has 2 aromatic carbocycles. The van der Waals surface area contributed by atoms with Crippen molar-refractivity contribution in [2.75, 3.05) is 0 Å². The van der Waals surface area contributed by atoms with Crippen LogP contribution in [0.5, 0.6) is 11.6 Å². The van der Waals surface area contributed by atoms with E-state index in [1.165, 1.54) is 20.7 Å². The molecule has 0 bridgehead atoms. The Labute approximate surface area is 196 Å². The Hall–Kier alpha value is -4.21. The van der Waals surface area contributed by atoms with Crippen LogP contribution in [0, 0.1) is 6.92 Å². The standard InChI is InChI=1S/C25H14N7OS/c1-13-10-17-16-5-3-7-21-30(16)32(31(17)27-13)24-18(33-21)8-9-20-23(24)29-22-14(4-2-6-19(22)34-20)15-11-26-12-28(32)25(15)29/h2-12H,1H3/q+3. The molecule has 0 fully saturated rings. The maximum absolute atomic E-state index is 6.57. The van der Waals surface area contributed by atoms with Crippen molar-refractivity contribution in [2.24, 2.45) is 0 Å². The number of hydrogen-bond donors (Lipinski definition) is 0. The van der Waals surface area contributed by atoms with Gasteiger partial charge in [0, 0.05) is 20.9 Å². The van der Waals surface area contributed by atoms with Crippen molar-refractivity contribution < 1.29 is 14.1 Å². The van der Waals surface area contributed by atoms with Gasteiger partial charge < -0.3 is 4.74 Å². The van der Waals surface area contributed by atoms with Gasteiger partial charge in [-0.15, -0.1) is 10.1 Å². The summed E-state index contributed by atoms with van der Waals surface area (Å²) in [4.78, 5) is 9.52. The quantitative estimate of drug-likeness (QED) is 0.255. The summed E-state index contributed by atoms with van der Waals surface area (Å²) in [7, 11) is 0. The predicted molar refractivity (Wildman–Crippen MR) is 124 cm³/mol. The number of benzene rings is 2. The third-order valence-corrected chi connectivity index (χ3v) is 8.55. The third kappa shape index (κ3) is 1.41. The first-order valence-electron chi connectivity index (χ1n) is 11.2. The number of quaternary nitrogens is 1. The van der Waals surface area contributed by atoms with Gasteiger partial charge in [0.25, 0.3) is 6.33 Å². The number of aromatic nitrogens is 6. The Morgan fingerprint density at radius 2 is 1.97 bits per heavy atom. The molecule has 0 saturated carbocycles. The van der Waals surface area contributed by atoms with Crippen LogP contribution in [0.25, 0.3) is 39.0 Å². The van der Waals surface area contributed by atoms with Crippen LogP contribution < -0.4 is 18.9 Å². The molecular weight excluding hydrogens is 446 g/mol. The van der Waals surface area contributed by atoms with Crippen LogP contribution in [0.1, 0.15) is 5.69 Å². The summed E-state index contributed by atoms with van der Waals surface area (Å²) in [5.41, 5.74) is 7.59. The van der Waals surface area contributed by atoms with Gasteiger partial charge in [0.1, 0.15) is 11.7 Å². The van der Waals surface area contributed by atoms with Crippen molar-refractivity contribution in [3.05, 3.63) is 72.8 Å². The van der Waals surface area contributed by atoms with Crippen molar-refractivity contribution >= 4 is 39.4 Å². The van der Waals surface area contributed by atoms with Crippen molar-refractivity contribution in [1.82, 2.24) is 24.3 Å². The van der Waals surface area contributed by atoms with E-state index in [0.717, 1.165) is 51.1 Å². The van der Waals surface area contributed by atoms with E-state index in [4.69, 9.17) is 14.8 Å². The lowest BCUT2D eigenvalue weighted by atomic mass is 10.2. The molecule has 8 nitrogen and oxygen atoms in total. The second kappa shape index (κ2) is 4.84. The molecule has 4 aliphatic heterocycles. The Kier molecular flexibility index (Phi) is 2.34. The number of rotatable bonds is 0. The summed E-state index contributed by atoms with van der Waals surface area (Å²) >= 11 is 1.82. The third-order valence-electron chi connectivity index (χ3n) is 7.45. The molecule has 0 saturated heterocycles. The largest absolute Gasteiger partial charge is 0.437 e. The number of aryl methyl sites for hydroxylation is 1. The topological polar surface area (TPSA) is 52.6 Å². The van der Waals surface area contributed by atoms with Gasteiger partial charge in [-0.3, -0.25) is 0 Å². The van der Waals surface area contributed by atoms with Gasteiger partial charge >= 0.3 is 22.9 Å². The lowest BCUT2D eigenvalue weighted by molar-refractivity contribution is -1.05. The summed E-state index contributed by atoms with van der Waals surface area (Å²) in [6.07, 6.45) is 3.91. The lowest BCUT2D eigenvalue weighted by Crippen LogP contribution is -2.89. The van der Waals surface area contributed by atoms with E-state index in [9.17, 15) is 0 Å². The van der Waals surface area contributed by atoms with Crippen LogP contribution in [-0.2, 0) is 0 Å². The molecule has 4 aromatic heterocycles. The minimum atomic E-state index is 0.198. The monoisotopic (exact) mass is 460 g/mol. The molecule has 1 atom stereocenters. The maximum Gasteiger partial charge on any atom is 0.437 e. The van der Waals surface area contributed by atoms with Crippen LogP contribution in [-0.4, -0.2) is 19.4 Å². The fourth-order valence-corrected chi connectivity index (χ4v) is 7.44. The minimum absolute atomic E-state index is 0.198. The summed E-state index contributed by atoms with van der Waals surface area (Å²) in [5.74, 6) is 1.60. The first kappa shape index (κ1) is 16.4. The summed E-state index contributed by atoms with van der Waals surface area (Å²) in [6, 6.07) is 19.2. The van der Waals surface area contributed by atoms with Gasteiger partial charge in [-0.1, -0.05) is 23.9 Å². The normalized spacial score (nSPS) is 19.0. The predicted octanol–water partition coefficient (Wildman–Crippen LogP) is 3.82. The van der Waals surface area contributed by atoms with Crippen LogP contribution in [0.4, 0.5) is 5.69 Å². The molecular formula is C25H14N7OS+3. The highest BCUT2D eigenvalue weighted by atomic mass is 32.2. The molecule has 9 heteroatoms. The van der Waals surface area contributed by atoms with Gasteiger partial charge in [0.2, 0.25) is 16.3 Å². The second-order valence-electron chi connectivity index (χ2n) is 9.12. The van der Waals surface area contributed by atoms with Crippen molar-refractivity contribution in [3.63, 3.8) is 0 Å². The van der Waals surface area contributed by atoms with Crippen molar-refractivity contribution in [2.45, 2.75) is 16.7 Å². The van der Waals surface area contributed by atoms with Crippen molar-refractivity contribution in [1.29, 1.82) is 0 Å². The van der Waals surface area contributed by atoms with E-state index in [-0.39, 0.29) is 4.81 Å². The van der Waals surface area contributed by atoms with Gasteiger partial charge in [-0.05, 0) is 37.3 Å². The van der Waals surface area contributed by atoms with E-state index < -0.39 is 0 Å². The highest BCUT2D eigenvalue weighted by Crippen LogP contribution is 2.56. The van der Waals surface area contributed by atoms with Crippen LogP contribution in [0.3, 0.4) is 0 Å². The first-order chi connectivity index (χ1) is 16.8. The first-order valence-corrected chi connectivity index (χ1v) is 12.0. The molecule has 0 radical (unpaired) electrons. The SMILES string of the molecule is Cc1cc2n(n1)[N+]13c4c(ccc5c4-n4c6c(cccc6c6cnc[n+]1c64)S5)Oc1cccc-2[n+]13. The summed E-state index contributed by atoms with van der Waals surface area (Å²) in [5, 5.41) is 7.39. The fourth-order valence-electron chi connectivity index (χ4n) is 6.34. The minimum Gasteiger partial charge on any atom is -0.394 e. The molecule has 1 unspecified atom stereocenters. The average Bonchev–Trinajstić information content (AvgIpc) is 3.49. The van der Waals surface area contributed by atoms with Crippen LogP contribution >= 0.6 is 11.8 Å². The molecule has 8 heterocycles. The zero-order valence-corrected chi connectivity index (χ0v) is 18.6. The smallest absolute Gasteiger partial charge is 0.394 e. The number of nitrogens with zero attached hydrogens (tertiary/aromatic N) is 7. The molecule has 34 heavy (non-hydrogen) atoms. The summed E-state index contributed by atoms with van der Waals surface area (Å²) in [6.45, 7) is 2.05. The van der Waals surface area contributed by atoms with Gasteiger partial charge in [-0.25, -0.2) is 4.57 Å². The van der Waals surface area contributed by atoms with E-state index in [1.54, 1.807) is 0 Å². The molecule has 0 N–H and O–H groups in total. The number of pyridine rings is 1. The summed E-state index contributed by atoms with van der Waals surface area (Å²) < 4.78 is 13.4. The fraction of sp³-hybridized carbons (Fsp3) is 0.0400. The number of para-hydroxylation sites is 1. The van der Waals surface area contributed by atoms with E-state index in [2.05, 4.69) is 61.2 Å². The van der Waals surface area contributed by atoms with Crippen LogP contribution in [0.2, 0.25) is 0 Å². The molecule has 4 aliphatic rings. The molecule has 0 amide bonds. The zero-order chi connectivity index (χ0) is 21.9. The average molecular weight is 461 g/mol. The number of fused-ring (bicyclic) bond motifs is 3. The number of ether oxygens (including phenoxy) is 1.